The van der Waals surface area contributed by atoms with Gasteiger partial charge in [-0.2, -0.15) is 0 Å². The summed E-state index contributed by atoms with van der Waals surface area (Å²) in [6.45, 7) is 6.21. The van der Waals surface area contributed by atoms with Crippen molar-refractivity contribution in [1.29, 1.82) is 0 Å². The monoisotopic (exact) mass is 298 g/mol. The topological polar surface area (TPSA) is 42.4 Å². The number of halogens is 1. The Morgan fingerprint density at radius 3 is 2.88 bits per heavy atom. The number of hydrogen-bond acceptors (Lipinski definition) is 3. The molecule has 0 N–H and O–H groups in total. The molecule has 0 aromatic carbocycles. The number of ether oxygens (including phenoxy) is 1. The number of carbonyl (C=O) groups is 1. The Kier molecular flexibility index (Phi) is 3.12. The summed E-state index contributed by atoms with van der Waals surface area (Å²) in [5.41, 5.74) is 0.597. The van der Waals surface area contributed by atoms with Crippen LogP contribution in [0, 0.1) is 0 Å². The largest absolute Gasteiger partial charge is 0.443 e. The Morgan fingerprint density at radius 1 is 1.53 bits per heavy atom. The van der Waals surface area contributed by atoms with Gasteiger partial charge in [-0.3, -0.25) is 4.90 Å². The molecule has 17 heavy (non-hydrogen) atoms. The fraction of sp³-hybridized carbons (Fsp3) is 0.500. The van der Waals surface area contributed by atoms with Crippen LogP contribution >= 0.6 is 15.9 Å². The molecule has 0 atom stereocenters. The molecule has 1 aliphatic rings. The molecule has 0 unspecified atom stereocenters. The van der Waals surface area contributed by atoms with Crippen LogP contribution in [-0.2, 0) is 11.2 Å². The lowest BCUT2D eigenvalue weighted by molar-refractivity contribution is 0.0583. The van der Waals surface area contributed by atoms with Crippen LogP contribution in [0.3, 0.4) is 0 Å². The average Bonchev–Trinajstić information content (AvgIpc) is 2.57. The Morgan fingerprint density at radius 2 is 2.24 bits per heavy atom. The second-order valence-corrected chi connectivity index (χ2v) is 5.93. The third kappa shape index (κ3) is 2.77. The van der Waals surface area contributed by atoms with Gasteiger partial charge >= 0.3 is 6.09 Å². The number of pyridine rings is 1. The first-order valence-electron chi connectivity index (χ1n) is 5.52. The lowest BCUT2D eigenvalue weighted by atomic mass is 10.2. The summed E-state index contributed by atoms with van der Waals surface area (Å²) in [5, 5.41) is 0. The van der Waals surface area contributed by atoms with E-state index >= 15 is 0 Å². The Labute approximate surface area is 109 Å². The maximum absolute atomic E-state index is 12.0. The van der Waals surface area contributed by atoms with Crippen molar-refractivity contribution in [2.75, 3.05) is 11.4 Å². The summed E-state index contributed by atoms with van der Waals surface area (Å²) in [4.78, 5) is 17.8. The first-order valence-corrected chi connectivity index (χ1v) is 6.31. The predicted octanol–water partition coefficient (Wildman–Crippen LogP) is 3.14. The van der Waals surface area contributed by atoms with Crippen LogP contribution in [0.25, 0.3) is 0 Å². The molecule has 4 nitrogen and oxygen atoms in total. The molecular weight excluding hydrogens is 284 g/mol. The van der Waals surface area contributed by atoms with Crippen molar-refractivity contribution >= 4 is 27.8 Å². The van der Waals surface area contributed by atoms with Crippen molar-refractivity contribution in [3.8, 4) is 0 Å². The second kappa shape index (κ2) is 4.29. The number of hydrogen-bond donors (Lipinski definition) is 0. The van der Waals surface area contributed by atoms with Gasteiger partial charge in [-0.1, -0.05) is 0 Å². The van der Waals surface area contributed by atoms with Crippen LogP contribution in [0.4, 0.5) is 10.6 Å². The van der Waals surface area contributed by atoms with Crippen LogP contribution in [0.1, 0.15) is 26.3 Å². The van der Waals surface area contributed by atoms with Crippen molar-refractivity contribution in [1.82, 2.24) is 4.98 Å². The predicted molar refractivity (Wildman–Crippen MR) is 69.2 cm³/mol. The molecule has 0 saturated heterocycles. The van der Waals surface area contributed by atoms with Gasteiger partial charge in [0.05, 0.1) is 0 Å². The van der Waals surface area contributed by atoms with Gasteiger partial charge in [0, 0.05) is 17.2 Å². The molecule has 92 valence electrons. The summed E-state index contributed by atoms with van der Waals surface area (Å²) >= 11 is 3.37. The van der Waals surface area contributed by atoms with E-state index < -0.39 is 5.60 Å². The highest BCUT2D eigenvalue weighted by Crippen LogP contribution is 2.29. The normalized spacial score (nSPS) is 14.7. The number of aromatic nitrogens is 1. The SMILES string of the molecule is CC(C)(C)OC(=O)N1CCc2cc(Br)cnc21. The van der Waals surface area contributed by atoms with E-state index in [-0.39, 0.29) is 6.09 Å². The lowest BCUT2D eigenvalue weighted by Crippen LogP contribution is -2.36. The van der Waals surface area contributed by atoms with Gasteiger partial charge in [0.25, 0.3) is 0 Å². The smallest absolute Gasteiger partial charge is 0.416 e. The van der Waals surface area contributed by atoms with Crippen molar-refractivity contribution in [3.63, 3.8) is 0 Å². The van der Waals surface area contributed by atoms with Crippen molar-refractivity contribution in [2.24, 2.45) is 0 Å². The zero-order chi connectivity index (χ0) is 12.6. The van der Waals surface area contributed by atoms with Gasteiger partial charge in [-0.05, 0) is 54.8 Å². The molecule has 1 aromatic heterocycles. The molecule has 0 bridgehead atoms. The summed E-state index contributed by atoms with van der Waals surface area (Å²) in [6.07, 6.45) is 2.19. The number of nitrogens with zero attached hydrogens (tertiary/aromatic N) is 2. The highest BCUT2D eigenvalue weighted by atomic mass is 79.9. The summed E-state index contributed by atoms with van der Waals surface area (Å²) in [5.74, 6) is 0.711. The average molecular weight is 299 g/mol. The van der Waals surface area contributed by atoms with E-state index in [1.165, 1.54) is 0 Å². The van der Waals surface area contributed by atoms with Gasteiger partial charge in [0.1, 0.15) is 11.4 Å². The molecule has 5 heteroatoms. The minimum atomic E-state index is -0.477. The van der Waals surface area contributed by atoms with E-state index in [9.17, 15) is 4.79 Å². The van der Waals surface area contributed by atoms with Crippen LogP contribution in [-0.4, -0.2) is 23.2 Å². The van der Waals surface area contributed by atoms with E-state index in [0.717, 1.165) is 16.5 Å². The molecule has 1 aliphatic heterocycles. The Hall–Kier alpha value is -1.10. The molecule has 0 spiro atoms. The minimum Gasteiger partial charge on any atom is -0.443 e. The number of fused-ring (bicyclic) bond motifs is 1. The van der Waals surface area contributed by atoms with Crippen molar-refractivity contribution in [3.05, 3.63) is 22.3 Å². The molecule has 0 radical (unpaired) electrons. The van der Waals surface area contributed by atoms with Crippen LogP contribution < -0.4 is 4.90 Å². The number of anilines is 1. The molecule has 1 amide bonds. The molecule has 0 fully saturated rings. The van der Waals surface area contributed by atoms with Crippen LogP contribution in [0.15, 0.2) is 16.7 Å². The standard InChI is InChI=1S/C12H15BrN2O2/c1-12(2,3)17-11(16)15-5-4-8-6-9(13)7-14-10(8)15/h6-7H,4-5H2,1-3H3. The zero-order valence-corrected chi connectivity index (χ0v) is 11.7. The van der Waals surface area contributed by atoms with Gasteiger partial charge in [-0.15, -0.1) is 0 Å². The maximum Gasteiger partial charge on any atom is 0.416 e. The lowest BCUT2D eigenvalue weighted by Gasteiger charge is -2.24. The molecule has 0 aliphatic carbocycles. The van der Waals surface area contributed by atoms with Gasteiger partial charge in [-0.25, -0.2) is 9.78 Å². The van der Waals surface area contributed by atoms with Crippen molar-refractivity contribution in [2.45, 2.75) is 32.8 Å². The van der Waals surface area contributed by atoms with E-state index in [1.54, 1.807) is 11.1 Å². The Bertz CT molecular complexity index is 454. The summed E-state index contributed by atoms with van der Waals surface area (Å²) in [6, 6.07) is 1.99. The number of rotatable bonds is 0. The molecular formula is C12H15BrN2O2. The van der Waals surface area contributed by atoms with Gasteiger partial charge in [0.15, 0.2) is 0 Å². The first-order chi connectivity index (χ1) is 7.87. The fourth-order valence-electron chi connectivity index (χ4n) is 1.73. The zero-order valence-electron chi connectivity index (χ0n) is 10.2. The number of carbonyl (C=O) groups excluding carboxylic acids is 1. The van der Waals surface area contributed by atoms with Gasteiger partial charge in [0.2, 0.25) is 0 Å². The quantitative estimate of drug-likeness (QED) is 0.739. The van der Waals surface area contributed by atoms with Gasteiger partial charge < -0.3 is 4.74 Å². The molecule has 2 heterocycles. The fourth-order valence-corrected chi connectivity index (χ4v) is 2.11. The molecule has 1 aromatic rings. The summed E-state index contributed by atoms with van der Waals surface area (Å²) < 4.78 is 6.28. The van der Waals surface area contributed by atoms with Crippen LogP contribution in [0.5, 0.6) is 0 Å². The van der Waals surface area contributed by atoms with E-state index in [2.05, 4.69) is 20.9 Å². The summed E-state index contributed by atoms with van der Waals surface area (Å²) in [7, 11) is 0. The van der Waals surface area contributed by atoms with Crippen molar-refractivity contribution < 1.29 is 9.53 Å². The van der Waals surface area contributed by atoms with E-state index in [1.807, 2.05) is 26.8 Å². The van der Waals surface area contributed by atoms with Crippen LogP contribution in [0.2, 0.25) is 0 Å². The number of amides is 1. The maximum atomic E-state index is 12.0. The second-order valence-electron chi connectivity index (χ2n) is 5.02. The molecule has 0 saturated carbocycles. The highest BCUT2D eigenvalue weighted by molar-refractivity contribution is 9.10. The minimum absolute atomic E-state index is 0.328. The van der Waals surface area contributed by atoms with E-state index in [4.69, 9.17) is 4.74 Å². The molecule has 2 rings (SSSR count). The highest BCUT2D eigenvalue weighted by Gasteiger charge is 2.29. The third-order valence-electron chi connectivity index (χ3n) is 2.38. The third-order valence-corrected chi connectivity index (χ3v) is 2.82. The van der Waals surface area contributed by atoms with E-state index in [0.29, 0.717) is 12.4 Å². The first kappa shape index (κ1) is 12.4. The Balaban J connectivity index is 2.20.